The van der Waals surface area contributed by atoms with Gasteiger partial charge in [-0.05, 0) is 31.5 Å². The van der Waals surface area contributed by atoms with Crippen molar-refractivity contribution in [1.29, 1.82) is 0 Å². The predicted molar refractivity (Wildman–Crippen MR) is 101 cm³/mol. The lowest BCUT2D eigenvalue weighted by Crippen LogP contribution is -2.28. The van der Waals surface area contributed by atoms with E-state index in [4.69, 9.17) is 0 Å². The molecule has 0 aliphatic carbocycles. The molecule has 0 bridgehead atoms. The molecular formula is C19H22N6O. The third-order valence-electron chi connectivity index (χ3n) is 4.11. The maximum Gasteiger partial charge on any atom is 0.255 e. The fraction of sp³-hybridized carbons (Fsp3) is 0.263. The minimum Gasteiger partial charge on any atom is -0.347 e. The van der Waals surface area contributed by atoms with Crippen LogP contribution in [0.5, 0.6) is 0 Å². The van der Waals surface area contributed by atoms with Gasteiger partial charge in [-0.25, -0.2) is 14.6 Å². The van der Waals surface area contributed by atoms with Crippen LogP contribution in [0.25, 0.3) is 5.69 Å². The van der Waals surface area contributed by atoms with E-state index in [-0.39, 0.29) is 11.9 Å². The van der Waals surface area contributed by atoms with E-state index in [0.29, 0.717) is 17.2 Å². The summed E-state index contributed by atoms with van der Waals surface area (Å²) in [6.45, 7) is 3.76. The Balaban J connectivity index is 1.83. The normalized spacial score (nSPS) is 11.8. The Morgan fingerprint density at radius 3 is 2.65 bits per heavy atom. The lowest BCUT2D eigenvalue weighted by atomic mass is 10.1. The van der Waals surface area contributed by atoms with Gasteiger partial charge in [0.15, 0.2) is 0 Å². The number of carbonyl (C=O) groups is 1. The lowest BCUT2D eigenvalue weighted by molar-refractivity contribution is 0.0938. The number of aromatic nitrogens is 4. The molecule has 134 valence electrons. The van der Waals surface area contributed by atoms with Gasteiger partial charge in [0.05, 0.1) is 23.0 Å². The van der Waals surface area contributed by atoms with Crippen LogP contribution in [-0.2, 0) is 0 Å². The van der Waals surface area contributed by atoms with Crippen LogP contribution in [0.2, 0.25) is 0 Å². The van der Waals surface area contributed by atoms with Gasteiger partial charge in [-0.2, -0.15) is 5.10 Å². The fourth-order valence-electron chi connectivity index (χ4n) is 2.72. The highest BCUT2D eigenvalue weighted by atomic mass is 16.1. The minimum atomic E-state index is -0.199. The number of para-hydroxylation sites is 1. The van der Waals surface area contributed by atoms with Crippen molar-refractivity contribution in [2.75, 3.05) is 19.0 Å². The highest BCUT2D eigenvalue weighted by Crippen LogP contribution is 2.21. The third-order valence-corrected chi connectivity index (χ3v) is 4.11. The summed E-state index contributed by atoms with van der Waals surface area (Å²) >= 11 is 0. The number of anilines is 1. The van der Waals surface area contributed by atoms with Crippen LogP contribution in [0.4, 0.5) is 5.95 Å². The minimum absolute atomic E-state index is 0.198. The van der Waals surface area contributed by atoms with E-state index in [0.717, 1.165) is 11.3 Å². The van der Waals surface area contributed by atoms with E-state index in [1.807, 2.05) is 64.5 Å². The van der Waals surface area contributed by atoms with Crippen LogP contribution >= 0.6 is 0 Å². The molecular weight excluding hydrogens is 328 g/mol. The van der Waals surface area contributed by atoms with Gasteiger partial charge in [0.25, 0.3) is 5.91 Å². The summed E-state index contributed by atoms with van der Waals surface area (Å²) in [5.74, 6) is 0.381. The van der Waals surface area contributed by atoms with Crippen LogP contribution in [0.3, 0.4) is 0 Å². The second-order valence-corrected chi connectivity index (χ2v) is 6.27. The van der Waals surface area contributed by atoms with E-state index in [9.17, 15) is 4.79 Å². The van der Waals surface area contributed by atoms with Gasteiger partial charge in [0.2, 0.25) is 5.95 Å². The molecule has 1 atom stereocenters. The highest BCUT2D eigenvalue weighted by molar-refractivity contribution is 5.95. The van der Waals surface area contributed by atoms with Crippen molar-refractivity contribution in [2.45, 2.75) is 19.9 Å². The first-order valence-corrected chi connectivity index (χ1v) is 8.38. The summed E-state index contributed by atoms with van der Waals surface area (Å²) in [7, 11) is 3.73. The molecule has 0 saturated heterocycles. The summed E-state index contributed by atoms with van der Waals surface area (Å²) in [6, 6.07) is 9.53. The first-order chi connectivity index (χ1) is 12.5. The van der Waals surface area contributed by atoms with Gasteiger partial charge in [-0.15, -0.1) is 0 Å². The topological polar surface area (TPSA) is 75.9 Å². The van der Waals surface area contributed by atoms with Crippen molar-refractivity contribution < 1.29 is 4.79 Å². The van der Waals surface area contributed by atoms with Gasteiger partial charge < -0.3 is 10.2 Å². The van der Waals surface area contributed by atoms with E-state index in [2.05, 4.69) is 20.4 Å². The highest BCUT2D eigenvalue weighted by Gasteiger charge is 2.18. The fourth-order valence-corrected chi connectivity index (χ4v) is 2.72. The average molecular weight is 350 g/mol. The van der Waals surface area contributed by atoms with Crippen LogP contribution in [0.15, 0.2) is 48.9 Å². The summed E-state index contributed by atoms with van der Waals surface area (Å²) in [5, 5.41) is 7.32. The van der Waals surface area contributed by atoms with Gasteiger partial charge in [-0.3, -0.25) is 4.79 Å². The number of aryl methyl sites for hydroxylation is 1. The second-order valence-electron chi connectivity index (χ2n) is 6.27. The van der Waals surface area contributed by atoms with Crippen molar-refractivity contribution >= 4 is 11.9 Å². The Labute approximate surface area is 152 Å². The molecule has 7 nitrogen and oxygen atoms in total. The maximum atomic E-state index is 12.7. The summed E-state index contributed by atoms with van der Waals surface area (Å²) < 4.78 is 1.79. The standard InChI is InChI=1S/C19H22N6O/c1-13(15-8-5-6-9-17(15)25-11-7-10-21-25)22-18(26)16-12-20-19(24(3)4)23-14(16)2/h5-13H,1-4H3,(H,22,26)/t13-/m1/s1. The Kier molecular flexibility index (Phi) is 4.97. The number of hydrogen-bond donors (Lipinski definition) is 1. The molecule has 0 fully saturated rings. The molecule has 26 heavy (non-hydrogen) atoms. The number of hydrogen-bond acceptors (Lipinski definition) is 5. The van der Waals surface area contributed by atoms with Crippen LogP contribution < -0.4 is 10.2 Å². The molecule has 7 heteroatoms. The molecule has 1 N–H and O–H groups in total. The van der Waals surface area contributed by atoms with Gasteiger partial charge >= 0.3 is 0 Å². The molecule has 0 aliphatic rings. The molecule has 2 heterocycles. The largest absolute Gasteiger partial charge is 0.347 e. The number of nitrogens with one attached hydrogen (secondary N) is 1. The molecule has 1 aromatic carbocycles. The van der Waals surface area contributed by atoms with Crippen molar-refractivity contribution in [1.82, 2.24) is 25.1 Å². The number of carbonyl (C=O) groups excluding carboxylic acids is 1. The van der Waals surface area contributed by atoms with Gasteiger partial charge in [-0.1, -0.05) is 18.2 Å². The zero-order chi connectivity index (χ0) is 18.7. The SMILES string of the molecule is Cc1nc(N(C)C)ncc1C(=O)N[C@H](C)c1ccccc1-n1cccn1. The molecule has 3 rings (SSSR count). The Hall–Kier alpha value is -3.22. The van der Waals surface area contributed by atoms with Gasteiger partial charge in [0, 0.05) is 32.7 Å². The van der Waals surface area contributed by atoms with Crippen molar-refractivity contribution in [3.63, 3.8) is 0 Å². The second kappa shape index (κ2) is 7.35. The van der Waals surface area contributed by atoms with Crippen molar-refractivity contribution in [3.05, 3.63) is 65.7 Å². The van der Waals surface area contributed by atoms with Crippen LogP contribution in [-0.4, -0.2) is 39.8 Å². The van der Waals surface area contributed by atoms with E-state index < -0.39 is 0 Å². The quantitative estimate of drug-likeness (QED) is 0.765. The Morgan fingerprint density at radius 2 is 2.00 bits per heavy atom. The lowest BCUT2D eigenvalue weighted by Gasteiger charge is -2.19. The molecule has 0 aliphatic heterocycles. The molecule has 0 saturated carbocycles. The smallest absolute Gasteiger partial charge is 0.255 e. The summed E-state index contributed by atoms with van der Waals surface area (Å²) in [6.07, 6.45) is 5.18. The molecule has 0 unspecified atom stereocenters. The monoisotopic (exact) mass is 350 g/mol. The maximum absolute atomic E-state index is 12.7. The molecule has 2 aromatic heterocycles. The van der Waals surface area contributed by atoms with Crippen LogP contribution in [0, 0.1) is 6.92 Å². The van der Waals surface area contributed by atoms with E-state index in [1.54, 1.807) is 22.0 Å². The van der Waals surface area contributed by atoms with Crippen molar-refractivity contribution in [2.24, 2.45) is 0 Å². The number of amides is 1. The number of benzene rings is 1. The van der Waals surface area contributed by atoms with Crippen LogP contribution in [0.1, 0.15) is 34.6 Å². The summed E-state index contributed by atoms with van der Waals surface area (Å²) in [5.41, 5.74) is 3.03. The third kappa shape index (κ3) is 3.56. The van der Waals surface area contributed by atoms with Crippen molar-refractivity contribution in [3.8, 4) is 5.69 Å². The number of rotatable bonds is 5. The first-order valence-electron chi connectivity index (χ1n) is 8.38. The number of nitrogens with zero attached hydrogens (tertiary/aromatic N) is 5. The molecule has 0 radical (unpaired) electrons. The Morgan fingerprint density at radius 1 is 1.23 bits per heavy atom. The van der Waals surface area contributed by atoms with E-state index in [1.165, 1.54) is 0 Å². The summed E-state index contributed by atoms with van der Waals surface area (Å²) in [4.78, 5) is 23.1. The Bertz CT molecular complexity index is 904. The average Bonchev–Trinajstić information content (AvgIpc) is 3.15. The predicted octanol–water partition coefficient (Wildman–Crippen LogP) is 2.53. The molecule has 1 amide bonds. The molecule has 0 spiro atoms. The zero-order valence-corrected chi connectivity index (χ0v) is 15.3. The molecule has 3 aromatic rings. The zero-order valence-electron chi connectivity index (χ0n) is 15.3. The first kappa shape index (κ1) is 17.6. The van der Waals surface area contributed by atoms with E-state index >= 15 is 0 Å². The van der Waals surface area contributed by atoms with Gasteiger partial charge in [0.1, 0.15) is 0 Å².